The lowest BCUT2D eigenvalue weighted by Crippen LogP contribution is -2.53. The van der Waals surface area contributed by atoms with E-state index in [4.69, 9.17) is 0 Å². The molecular weight excluding hydrogens is 383 g/mol. The number of anilines is 1. The highest BCUT2D eigenvalue weighted by Crippen LogP contribution is 2.36. The summed E-state index contributed by atoms with van der Waals surface area (Å²) < 4.78 is 13.2. The lowest BCUT2D eigenvalue weighted by atomic mass is 9.75. The summed E-state index contributed by atoms with van der Waals surface area (Å²) in [7, 11) is 0. The Hall–Kier alpha value is -1.99. The van der Waals surface area contributed by atoms with Crippen molar-refractivity contribution in [2.75, 3.05) is 57.7 Å². The molecule has 0 unspecified atom stereocenters. The number of hydrogen-bond donors (Lipinski definition) is 1. The van der Waals surface area contributed by atoms with Crippen molar-refractivity contribution in [1.29, 1.82) is 0 Å². The second kappa shape index (κ2) is 9.88. The van der Waals surface area contributed by atoms with Gasteiger partial charge in [0.05, 0.1) is 13.1 Å². The summed E-state index contributed by atoms with van der Waals surface area (Å²) in [6.07, 6.45) is 6.48. The molecule has 1 aromatic rings. The van der Waals surface area contributed by atoms with Gasteiger partial charge in [0.25, 0.3) is 0 Å². The first kappa shape index (κ1) is 21.2. The molecule has 0 aromatic heterocycles. The fourth-order valence-electron chi connectivity index (χ4n) is 5.19. The molecule has 0 spiro atoms. The van der Waals surface area contributed by atoms with E-state index < -0.39 is 0 Å². The van der Waals surface area contributed by atoms with E-state index in [1.165, 1.54) is 44.2 Å². The smallest absolute Gasteiger partial charge is 0.238 e. The topological polar surface area (TPSA) is 55.9 Å². The van der Waals surface area contributed by atoms with Crippen LogP contribution in [0.25, 0.3) is 0 Å². The maximum absolute atomic E-state index is 13.2. The Morgan fingerprint density at radius 3 is 2.37 bits per heavy atom. The van der Waals surface area contributed by atoms with Crippen molar-refractivity contribution in [3.05, 3.63) is 30.1 Å². The largest absolute Gasteiger partial charge is 0.341 e. The van der Waals surface area contributed by atoms with Gasteiger partial charge in [-0.1, -0.05) is 25.3 Å². The minimum atomic E-state index is -0.362. The van der Waals surface area contributed by atoms with E-state index in [1.807, 2.05) is 0 Å². The van der Waals surface area contributed by atoms with E-state index in [-0.39, 0.29) is 24.2 Å². The number of carbonyl (C=O) groups is 2. The number of piperidine rings is 1. The van der Waals surface area contributed by atoms with Gasteiger partial charge in [0.2, 0.25) is 11.8 Å². The molecule has 2 heterocycles. The third-order valence-electron chi connectivity index (χ3n) is 6.94. The number of carbonyl (C=O) groups excluding carboxylic acids is 2. The van der Waals surface area contributed by atoms with Gasteiger partial charge in [-0.2, -0.15) is 0 Å². The monoisotopic (exact) mass is 416 g/mol. The van der Waals surface area contributed by atoms with E-state index in [0.29, 0.717) is 18.2 Å². The highest BCUT2D eigenvalue weighted by molar-refractivity contribution is 5.92. The maximum atomic E-state index is 13.2. The Bertz CT molecular complexity index is 750. The molecule has 164 valence electrons. The van der Waals surface area contributed by atoms with Crippen molar-refractivity contribution >= 4 is 17.5 Å². The van der Waals surface area contributed by atoms with E-state index >= 15 is 0 Å². The standard InChI is InChI=1S/C23H33FN4O2/c24-20-6-3-7-21(14-20)25-22(29)16-26-10-12-27(13-11-26)17-23(30)28-9-8-18-4-1-2-5-19(18)15-28/h3,6-7,14,18-19H,1-2,4-5,8-13,15-17H2,(H,25,29)/t18-,19+/m1/s1. The maximum Gasteiger partial charge on any atom is 0.238 e. The summed E-state index contributed by atoms with van der Waals surface area (Å²) in [5, 5.41) is 2.74. The second-order valence-electron chi connectivity index (χ2n) is 9.04. The summed E-state index contributed by atoms with van der Waals surface area (Å²) in [5.41, 5.74) is 0.478. The van der Waals surface area contributed by atoms with Crippen LogP contribution in [0.5, 0.6) is 0 Å². The average Bonchev–Trinajstić information content (AvgIpc) is 2.74. The molecule has 2 saturated heterocycles. The second-order valence-corrected chi connectivity index (χ2v) is 9.04. The van der Waals surface area contributed by atoms with Gasteiger partial charge in [0.15, 0.2) is 0 Å². The van der Waals surface area contributed by atoms with Gasteiger partial charge in [-0.05, 0) is 42.9 Å². The van der Waals surface area contributed by atoms with E-state index in [2.05, 4.69) is 20.0 Å². The van der Waals surface area contributed by atoms with Crippen LogP contribution in [0.15, 0.2) is 24.3 Å². The zero-order valence-corrected chi connectivity index (χ0v) is 17.7. The molecule has 1 aliphatic carbocycles. The van der Waals surface area contributed by atoms with Crippen LogP contribution >= 0.6 is 0 Å². The Labute approximate surface area is 178 Å². The van der Waals surface area contributed by atoms with Crippen molar-refractivity contribution in [3.63, 3.8) is 0 Å². The first-order valence-electron chi connectivity index (χ1n) is 11.3. The van der Waals surface area contributed by atoms with Crippen LogP contribution in [0.4, 0.5) is 10.1 Å². The van der Waals surface area contributed by atoms with Gasteiger partial charge in [-0.25, -0.2) is 4.39 Å². The van der Waals surface area contributed by atoms with Crippen LogP contribution in [0.2, 0.25) is 0 Å². The van der Waals surface area contributed by atoms with Gasteiger partial charge in [-0.15, -0.1) is 0 Å². The van der Waals surface area contributed by atoms with E-state index in [9.17, 15) is 14.0 Å². The van der Waals surface area contributed by atoms with Crippen LogP contribution in [0.3, 0.4) is 0 Å². The van der Waals surface area contributed by atoms with Crippen LogP contribution in [0.1, 0.15) is 32.1 Å². The van der Waals surface area contributed by atoms with E-state index in [1.54, 1.807) is 12.1 Å². The number of fused-ring (bicyclic) bond motifs is 1. The molecule has 1 saturated carbocycles. The fraction of sp³-hybridized carbons (Fsp3) is 0.652. The quantitative estimate of drug-likeness (QED) is 0.801. The first-order chi connectivity index (χ1) is 14.6. The number of nitrogens with one attached hydrogen (secondary N) is 1. The normalized spacial score (nSPS) is 25.6. The Morgan fingerprint density at radius 2 is 1.63 bits per heavy atom. The molecule has 0 radical (unpaired) electrons. The van der Waals surface area contributed by atoms with E-state index in [0.717, 1.165) is 45.2 Å². The number of hydrogen-bond acceptors (Lipinski definition) is 4. The van der Waals surface area contributed by atoms with Crippen LogP contribution < -0.4 is 5.32 Å². The molecule has 2 atom stereocenters. The molecule has 3 fully saturated rings. The van der Waals surface area contributed by atoms with Crippen LogP contribution in [-0.2, 0) is 9.59 Å². The Balaban J connectivity index is 1.17. The molecule has 30 heavy (non-hydrogen) atoms. The molecule has 6 nitrogen and oxygen atoms in total. The SMILES string of the molecule is O=C(CN1CCN(CC(=O)N2CC[C@H]3CCCC[C@H]3C2)CC1)Nc1cccc(F)c1. The number of rotatable bonds is 5. The number of benzene rings is 1. The van der Waals surface area contributed by atoms with Crippen molar-refractivity contribution in [2.45, 2.75) is 32.1 Å². The van der Waals surface area contributed by atoms with Crippen LogP contribution in [0, 0.1) is 17.7 Å². The van der Waals surface area contributed by atoms with Gasteiger partial charge < -0.3 is 10.2 Å². The molecule has 2 amide bonds. The van der Waals surface area contributed by atoms with Crippen molar-refractivity contribution in [3.8, 4) is 0 Å². The highest BCUT2D eigenvalue weighted by atomic mass is 19.1. The molecule has 7 heteroatoms. The molecule has 1 N–H and O–H groups in total. The third kappa shape index (κ3) is 5.58. The minimum Gasteiger partial charge on any atom is -0.341 e. The summed E-state index contributed by atoms with van der Waals surface area (Å²) in [4.78, 5) is 31.4. The van der Waals surface area contributed by atoms with Crippen molar-refractivity contribution < 1.29 is 14.0 Å². The molecule has 4 rings (SSSR count). The Morgan fingerprint density at radius 1 is 0.933 bits per heavy atom. The fourth-order valence-corrected chi connectivity index (χ4v) is 5.19. The number of halogens is 1. The predicted molar refractivity (Wildman–Crippen MR) is 115 cm³/mol. The predicted octanol–water partition coefficient (Wildman–Crippen LogP) is 2.42. The van der Waals surface area contributed by atoms with Crippen molar-refractivity contribution in [1.82, 2.24) is 14.7 Å². The minimum absolute atomic E-state index is 0.138. The number of amides is 2. The molecule has 2 aliphatic heterocycles. The average molecular weight is 417 g/mol. The molecule has 1 aromatic carbocycles. The summed E-state index contributed by atoms with van der Waals surface area (Å²) in [5.74, 6) is 1.31. The van der Waals surface area contributed by atoms with Gasteiger partial charge >= 0.3 is 0 Å². The first-order valence-corrected chi connectivity index (χ1v) is 11.3. The number of piperazine rings is 1. The Kier molecular flexibility index (Phi) is 7.00. The van der Waals surface area contributed by atoms with Crippen LogP contribution in [-0.4, -0.2) is 78.9 Å². The van der Waals surface area contributed by atoms with Crippen molar-refractivity contribution in [2.24, 2.45) is 11.8 Å². The molecule has 0 bridgehead atoms. The lowest BCUT2D eigenvalue weighted by Gasteiger charge is -2.42. The summed E-state index contributed by atoms with van der Waals surface area (Å²) >= 11 is 0. The zero-order chi connectivity index (χ0) is 20.9. The number of nitrogens with zero attached hydrogens (tertiary/aromatic N) is 3. The number of likely N-dealkylation sites (tertiary alicyclic amines) is 1. The van der Waals surface area contributed by atoms with Gasteiger partial charge in [0.1, 0.15) is 5.82 Å². The van der Waals surface area contributed by atoms with Gasteiger partial charge in [-0.3, -0.25) is 19.4 Å². The zero-order valence-electron chi connectivity index (χ0n) is 17.7. The molecular formula is C23H33FN4O2. The highest BCUT2D eigenvalue weighted by Gasteiger charge is 2.33. The lowest BCUT2D eigenvalue weighted by molar-refractivity contribution is -0.136. The summed E-state index contributed by atoms with van der Waals surface area (Å²) in [6.45, 7) is 5.74. The molecule has 3 aliphatic rings. The summed E-state index contributed by atoms with van der Waals surface area (Å²) in [6, 6.07) is 5.93. The third-order valence-corrected chi connectivity index (χ3v) is 6.94. The van der Waals surface area contributed by atoms with Gasteiger partial charge in [0, 0.05) is 45.0 Å².